The van der Waals surface area contributed by atoms with Crippen molar-refractivity contribution in [3.8, 4) is 11.6 Å². The fourth-order valence-electron chi connectivity index (χ4n) is 8.23. The predicted octanol–water partition coefficient (Wildman–Crippen LogP) is 3.89. The van der Waals surface area contributed by atoms with E-state index in [1.54, 1.807) is 13.3 Å². The monoisotopic (exact) mass is 753 g/mol. The summed E-state index contributed by atoms with van der Waals surface area (Å²) in [5, 5.41) is 6.79. The van der Waals surface area contributed by atoms with Gasteiger partial charge in [0.2, 0.25) is 27.7 Å². The summed E-state index contributed by atoms with van der Waals surface area (Å²) >= 11 is 0. The Labute approximate surface area is 310 Å². The molecule has 1 aromatic heterocycles. The van der Waals surface area contributed by atoms with Gasteiger partial charge in [-0.1, -0.05) is 39.0 Å². The summed E-state index contributed by atoms with van der Waals surface area (Å²) in [5.74, 6) is -0.800. The van der Waals surface area contributed by atoms with E-state index in [0.717, 1.165) is 67.0 Å². The molecule has 0 radical (unpaired) electrons. The number of ether oxygens (including phenoxy) is 3. The van der Waals surface area contributed by atoms with Crippen molar-refractivity contribution in [3.63, 3.8) is 0 Å². The molecule has 2 saturated heterocycles. The van der Waals surface area contributed by atoms with Crippen molar-refractivity contribution >= 4 is 44.6 Å². The maximum Gasteiger partial charge on any atom is 0.407 e. The van der Waals surface area contributed by atoms with E-state index < -0.39 is 62.8 Å². The van der Waals surface area contributed by atoms with E-state index in [1.165, 1.54) is 4.90 Å². The van der Waals surface area contributed by atoms with Gasteiger partial charge >= 0.3 is 6.09 Å². The second-order valence-corrected chi connectivity index (χ2v) is 17.6. The molecule has 0 unspecified atom stereocenters. The van der Waals surface area contributed by atoms with Crippen LogP contribution in [0.4, 0.5) is 4.79 Å². The molecular weight excluding hydrogens is 703 g/mol. The Kier molecular flexibility index (Phi) is 10.7. The van der Waals surface area contributed by atoms with Crippen molar-refractivity contribution in [2.75, 3.05) is 20.3 Å². The van der Waals surface area contributed by atoms with Gasteiger partial charge in [0, 0.05) is 18.0 Å². The lowest BCUT2D eigenvalue weighted by atomic mass is 9.99. The number of carbonyl (C=O) groups excluding carboxylic acids is 4. The number of cyclic esters (lactones) is 1. The van der Waals surface area contributed by atoms with Gasteiger partial charge in [-0.25, -0.2) is 18.2 Å². The van der Waals surface area contributed by atoms with E-state index in [9.17, 15) is 27.6 Å². The lowest BCUT2D eigenvalue weighted by molar-refractivity contribution is -0.141. The van der Waals surface area contributed by atoms with Crippen LogP contribution in [0.2, 0.25) is 0 Å². The molecule has 2 aromatic rings. The third-order valence-corrected chi connectivity index (χ3v) is 13.4. The van der Waals surface area contributed by atoms with Gasteiger partial charge in [-0.3, -0.25) is 19.1 Å². The molecule has 288 valence electrons. The van der Waals surface area contributed by atoms with Gasteiger partial charge in [0.15, 0.2) is 0 Å². The van der Waals surface area contributed by atoms with Crippen molar-refractivity contribution in [3.05, 3.63) is 30.0 Å². The van der Waals surface area contributed by atoms with Gasteiger partial charge in [-0.2, -0.15) is 0 Å². The standard InChI is InChI=1S/C38H51N5O9S/c1-23-9-8-10-25-17-29-24(18-32(25)50-2)15-16-39-34(29)52-27-19-31-33(44)41-38(36(46)42-53(48,49)28-13-14-28)20-26(38)11-6-4-3-5-7-12-30(35(45)43(31)21-27)40-37(47)51-22-23/h15-18,23,26-28,30-31H,3-14,19-22H2,1-2H3,(H,40,47)(H,41,44)(H,42,46)/t23-,26-,27-,30+,31+,38-/m1/s1. The fraction of sp³-hybridized carbons (Fsp3) is 0.658. The van der Waals surface area contributed by atoms with E-state index in [2.05, 4.69) is 20.3 Å². The summed E-state index contributed by atoms with van der Waals surface area (Å²) in [6.07, 6.45) is 9.16. The number of nitrogens with one attached hydrogen (secondary N) is 3. The van der Waals surface area contributed by atoms with Crippen LogP contribution in [0.1, 0.15) is 96.0 Å². The first-order valence-electron chi connectivity index (χ1n) is 19.2. The number of aryl methyl sites for hydroxylation is 1. The van der Waals surface area contributed by atoms with Gasteiger partial charge in [-0.15, -0.1) is 0 Å². The molecule has 4 amide bonds. The number of hydrogen-bond donors (Lipinski definition) is 3. The number of pyridine rings is 1. The molecule has 5 bridgehead atoms. The normalized spacial score (nSPS) is 30.3. The molecule has 5 aliphatic rings. The highest BCUT2D eigenvalue weighted by atomic mass is 32.2. The molecule has 53 heavy (non-hydrogen) atoms. The Hall–Kier alpha value is -4.14. The van der Waals surface area contributed by atoms with Crippen LogP contribution >= 0.6 is 0 Å². The highest BCUT2D eigenvalue weighted by molar-refractivity contribution is 7.91. The van der Waals surface area contributed by atoms with Crippen LogP contribution in [0, 0.1) is 11.8 Å². The van der Waals surface area contributed by atoms with Crippen LogP contribution in [0.5, 0.6) is 11.6 Å². The summed E-state index contributed by atoms with van der Waals surface area (Å²) < 4.78 is 45.8. The number of benzene rings is 1. The number of rotatable bonds is 4. The Morgan fingerprint density at radius 2 is 1.81 bits per heavy atom. The highest BCUT2D eigenvalue weighted by Gasteiger charge is 2.62. The average Bonchev–Trinajstić information content (AvgIpc) is 4.06. The Balaban J connectivity index is 1.23. The Morgan fingerprint density at radius 1 is 1.04 bits per heavy atom. The highest BCUT2D eigenvalue weighted by Crippen LogP contribution is 2.48. The number of carbonyl (C=O) groups is 4. The molecule has 6 atom stereocenters. The smallest absolute Gasteiger partial charge is 0.407 e. The second-order valence-electron chi connectivity index (χ2n) is 15.7. The summed E-state index contributed by atoms with van der Waals surface area (Å²) in [5.41, 5.74) is -0.420. The molecule has 4 fully saturated rings. The molecule has 1 aromatic carbocycles. The number of hydrogen-bond acceptors (Lipinski definition) is 10. The van der Waals surface area contributed by atoms with Crippen LogP contribution in [0.25, 0.3) is 10.8 Å². The first-order chi connectivity index (χ1) is 25.5. The first-order valence-corrected chi connectivity index (χ1v) is 20.8. The summed E-state index contributed by atoms with van der Waals surface area (Å²) in [4.78, 5) is 61.8. The largest absolute Gasteiger partial charge is 0.496 e. The Morgan fingerprint density at radius 3 is 2.58 bits per heavy atom. The third-order valence-electron chi connectivity index (χ3n) is 11.6. The molecule has 3 aliphatic heterocycles. The van der Waals surface area contributed by atoms with E-state index in [1.807, 2.05) is 25.1 Å². The van der Waals surface area contributed by atoms with Crippen LogP contribution in [0.15, 0.2) is 24.4 Å². The SMILES string of the molecule is COc1cc2ccnc3c2cc1CCC[C@@H](C)COC(=O)N[C@H]1CCCCCCC[C@@H]2C[C@@]2(C(=O)NS(=O)(=O)C2CC2)NC(=O)[C@@H]2C[C@H](CN2C1=O)O3. The molecule has 0 spiro atoms. The first kappa shape index (κ1) is 37.2. The van der Waals surface area contributed by atoms with Crippen LogP contribution in [0.3, 0.4) is 0 Å². The van der Waals surface area contributed by atoms with E-state index in [4.69, 9.17) is 14.2 Å². The van der Waals surface area contributed by atoms with Crippen LogP contribution < -0.4 is 24.8 Å². The summed E-state index contributed by atoms with van der Waals surface area (Å²) in [6.45, 7) is 2.23. The number of amides is 4. The summed E-state index contributed by atoms with van der Waals surface area (Å²) in [6, 6.07) is 3.84. The Bertz CT molecular complexity index is 1850. The third kappa shape index (κ3) is 8.19. The molecule has 2 saturated carbocycles. The molecule has 14 nitrogen and oxygen atoms in total. The number of aromatic nitrogens is 1. The number of fused-ring (bicyclic) bond motifs is 4. The average molecular weight is 754 g/mol. The van der Waals surface area contributed by atoms with Crippen molar-refractivity contribution in [1.82, 2.24) is 25.2 Å². The van der Waals surface area contributed by atoms with Gasteiger partial charge in [0.05, 0.1) is 25.5 Å². The molecule has 2 aliphatic carbocycles. The predicted molar refractivity (Wildman–Crippen MR) is 195 cm³/mol. The van der Waals surface area contributed by atoms with Crippen LogP contribution in [-0.4, -0.2) is 91.4 Å². The number of methoxy groups -OCH3 is 1. The zero-order valence-electron chi connectivity index (χ0n) is 30.6. The zero-order valence-corrected chi connectivity index (χ0v) is 31.4. The van der Waals surface area contributed by atoms with Crippen molar-refractivity contribution in [1.29, 1.82) is 0 Å². The molecule has 7 rings (SSSR count). The maximum atomic E-state index is 14.5. The van der Waals surface area contributed by atoms with Crippen molar-refractivity contribution in [2.45, 2.75) is 126 Å². The molecule has 3 N–H and O–H groups in total. The zero-order chi connectivity index (χ0) is 37.3. The molecular formula is C38H51N5O9S. The molecule has 15 heteroatoms. The van der Waals surface area contributed by atoms with Gasteiger partial charge in [0.1, 0.15) is 29.5 Å². The minimum atomic E-state index is -3.86. The quantitative estimate of drug-likeness (QED) is 0.415. The van der Waals surface area contributed by atoms with E-state index >= 15 is 0 Å². The fourth-order valence-corrected chi connectivity index (χ4v) is 9.60. The van der Waals surface area contributed by atoms with Gasteiger partial charge < -0.3 is 29.7 Å². The van der Waals surface area contributed by atoms with Crippen molar-refractivity contribution in [2.24, 2.45) is 11.8 Å². The molecule has 4 heterocycles. The number of alkyl carbamates (subject to hydrolysis) is 1. The second kappa shape index (κ2) is 15.3. The van der Waals surface area contributed by atoms with Gasteiger partial charge in [0.25, 0.3) is 5.91 Å². The van der Waals surface area contributed by atoms with E-state index in [0.29, 0.717) is 44.4 Å². The minimum Gasteiger partial charge on any atom is -0.496 e. The minimum absolute atomic E-state index is 0.0287. The lowest BCUT2D eigenvalue weighted by Crippen LogP contribution is -2.58. The van der Waals surface area contributed by atoms with Gasteiger partial charge in [-0.05, 0) is 92.4 Å². The topological polar surface area (TPSA) is 182 Å². The summed E-state index contributed by atoms with van der Waals surface area (Å²) in [7, 11) is -2.22. The van der Waals surface area contributed by atoms with E-state index in [-0.39, 0.29) is 31.4 Å². The number of nitrogens with zero attached hydrogens (tertiary/aromatic N) is 2. The lowest BCUT2D eigenvalue weighted by Gasteiger charge is -2.30. The maximum absolute atomic E-state index is 14.5. The van der Waals surface area contributed by atoms with Crippen molar-refractivity contribution < 1.29 is 41.8 Å². The number of sulfonamides is 1. The van der Waals surface area contributed by atoms with Crippen LogP contribution in [-0.2, 0) is 35.6 Å².